The third kappa shape index (κ3) is 4.11. The minimum Gasteiger partial charge on any atom is -0.482 e. The van der Waals surface area contributed by atoms with Crippen LogP contribution < -0.4 is 15.4 Å². The van der Waals surface area contributed by atoms with Crippen LogP contribution in [0.5, 0.6) is 5.75 Å². The van der Waals surface area contributed by atoms with Crippen LogP contribution in [0.4, 0.5) is 5.69 Å². The number of hydrogen-bond acceptors (Lipinski definition) is 5. The molecule has 1 aliphatic carbocycles. The molecule has 0 bridgehead atoms. The number of benzene rings is 1. The standard InChI is InChI=1S/C20H27N3O5S/c1-13-9-16-17(28-12-19(24)22-16)10-18(13)29(26,27)23-8-4-5-14(11-23)20(25)21-15-6-2-3-7-15/h9-10,14-15H,2-8,11-12H2,1H3,(H,21,25)(H,22,24). The second-order valence-corrected chi connectivity index (χ2v) is 10.0. The number of anilines is 1. The molecule has 2 N–H and O–H groups in total. The number of piperidine rings is 1. The van der Waals surface area contributed by atoms with Crippen molar-refractivity contribution in [2.24, 2.45) is 5.92 Å². The van der Waals surface area contributed by atoms with Gasteiger partial charge in [0, 0.05) is 25.2 Å². The first-order chi connectivity index (χ1) is 13.8. The number of rotatable bonds is 4. The van der Waals surface area contributed by atoms with E-state index in [0.717, 1.165) is 25.7 Å². The molecule has 0 radical (unpaired) electrons. The Morgan fingerprint density at radius 1 is 1.21 bits per heavy atom. The van der Waals surface area contributed by atoms with Crippen LogP contribution in [-0.2, 0) is 19.6 Å². The normalized spacial score (nSPS) is 23.2. The number of nitrogens with zero attached hydrogens (tertiary/aromatic N) is 1. The molecule has 158 valence electrons. The molecule has 2 aliphatic heterocycles. The molecule has 3 aliphatic rings. The van der Waals surface area contributed by atoms with Crippen molar-refractivity contribution in [3.63, 3.8) is 0 Å². The van der Waals surface area contributed by atoms with Gasteiger partial charge in [-0.15, -0.1) is 0 Å². The highest BCUT2D eigenvalue weighted by molar-refractivity contribution is 7.89. The summed E-state index contributed by atoms with van der Waals surface area (Å²) < 4.78 is 33.4. The number of amides is 2. The molecule has 1 atom stereocenters. The summed E-state index contributed by atoms with van der Waals surface area (Å²) in [5.41, 5.74) is 1.01. The molecule has 8 nitrogen and oxygen atoms in total. The molecule has 2 fully saturated rings. The summed E-state index contributed by atoms with van der Waals surface area (Å²) in [6.45, 7) is 2.14. The SMILES string of the molecule is Cc1cc2c(cc1S(=O)(=O)N1CCCC(C(=O)NC3CCCC3)C1)OCC(=O)N2. The van der Waals surface area contributed by atoms with Gasteiger partial charge in [0.1, 0.15) is 5.75 Å². The number of fused-ring (bicyclic) bond motifs is 1. The monoisotopic (exact) mass is 421 g/mol. The van der Waals surface area contributed by atoms with E-state index in [-0.39, 0.29) is 41.8 Å². The van der Waals surface area contributed by atoms with E-state index < -0.39 is 10.0 Å². The largest absolute Gasteiger partial charge is 0.482 e. The number of aryl methyl sites for hydroxylation is 1. The Morgan fingerprint density at radius 2 is 1.97 bits per heavy atom. The minimum absolute atomic E-state index is 0.0370. The van der Waals surface area contributed by atoms with Crippen molar-refractivity contribution in [1.82, 2.24) is 9.62 Å². The summed E-state index contributed by atoms with van der Waals surface area (Å²) in [6, 6.07) is 3.32. The Bertz CT molecular complexity index is 924. The van der Waals surface area contributed by atoms with Gasteiger partial charge < -0.3 is 15.4 Å². The molecule has 0 aromatic heterocycles. The van der Waals surface area contributed by atoms with Crippen molar-refractivity contribution in [3.8, 4) is 5.75 Å². The Labute approximate surface area is 171 Å². The summed E-state index contributed by atoms with van der Waals surface area (Å²) >= 11 is 0. The molecule has 1 aromatic rings. The maximum Gasteiger partial charge on any atom is 0.262 e. The van der Waals surface area contributed by atoms with Gasteiger partial charge in [0.2, 0.25) is 15.9 Å². The highest BCUT2D eigenvalue weighted by Crippen LogP contribution is 2.35. The van der Waals surface area contributed by atoms with E-state index >= 15 is 0 Å². The lowest BCUT2D eigenvalue weighted by Crippen LogP contribution is -2.47. The van der Waals surface area contributed by atoms with Crippen molar-refractivity contribution >= 4 is 27.5 Å². The summed E-state index contributed by atoms with van der Waals surface area (Å²) in [5, 5.41) is 5.79. The summed E-state index contributed by atoms with van der Waals surface area (Å²) in [4.78, 5) is 24.3. The molecular formula is C20H27N3O5S. The Balaban J connectivity index is 1.52. The van der Waals surface area contributed by atoms with Gasteiger partial charge in [-0.25, -0.2) is 8.42 Å². The van der Waals surface area contributed by atoms with Gasteiger partial charge in [-0.05, 0) is 44.2 Å². The molecule has 4 rings (SSSR count). The van der Waals surface area contributed by atoms with Crippen molar-refractivity contribution in [1.29, 1.82) is 0 Å². The summed E-state index contributed by atoms with van der Waals surface area (Å²) in [5.74, 6) is -0.279. The number of nitrogens with one attached hydrogen (secondary N) is 2. The molecule has 1 unspecified atom stereocenters. The van der Waals surface area contributed by atoms with Crippen LogP contribution in [-0.4, -0.2) is 50.3 Å². The fourth-order valence-corrected chi connectivity index (χ4v) is 6.14. The maximum atomic E-state index is 13.3. The van der Waals surface area contributed by atoms with Gasteiger partial charge in [-0.3, -0.25) is 9.59 Å². The third-order valence-electron chi connectivity index (χ3n) is 5.98. The molecule has 2 heterocycles. The molecule has 29 heavy (non-hydrogen) atoms. The van der Waals surface area contributed by atoms with Gasteiger partial charge in [0.25, 0.3) is 5.91 Å². The highest BCUT2D eigenvalue weighted by atomic mass is 32.2. The number of sulfonamides is 1. The quantitative estimate of drug-likeness (QED) is 0.771. The number of ether oxygens (including phenoxy) is 1. The number of carbonyl (C=O) groups excluding carboxylic acids is 2. The lowest BCUT2D eigenvalue weighted by Gasteiger charge is -2.32. The van der Waals surface area contributed by atoms with Crippen LogP contribution in [0.3, 0.4) is 0 Å². The molecule has 1 aromatic carbocycles. The van der Waals surface area contributed by atoms with E-state index in [1.54, 1.807) is 13.0 Å². The predicted molar refractivity (Wildman–Crippen MR) is 107 cm³/mol. The Kier molecular flexibility index (Phi) is 5.52. The molecule has 9 heteroatoms. The molecule has 2 amide bonds. The first-order valence-corrected chi connectivity index (χ1v) is 11.7. The van der Waals surface area contributed by atoms with Gasteiger partial charge in [0.15, 0.2) is 6.61 Å². The predicted octanol–water partition coefficient (Wildman–Crippen LogP) is 1.79. The van der Waals surface area contributed by atoms with E-state index in [0.29, 0.717) is 36.4 Å². The summed E-state index contributed by atoms with van der Waals surface area (Å²) in [6.07, 6.45) is 5.63. The Morgan fingerprint density at radius 3 is 2.72 bits per heavy atom. The van der Waals surface area contributed by atoms with E-state index in [1.165, 1.54) is 10.4 Å². The third-order valence-corrected chi connectivity index (χ3v) is 7.99. The van der Waals surface area contributed by atoms with Crippen molar-refractivity contribution in [2.75, 3.05) is 25.0 Å². The second-order valence-electron chi connectivity index (χ2n) is 8.14. The van der Waals surface area contributed by atoms with E-state index in [9.17, 15) is 18.0 Å². The topological polar surface area (TPSA) is 105 Å². The zero-order chi connectivity index (χ0) is 20.6. The molecule has 1 saturated heterocycles. The Hall–Kier alpha value is -2.13. The van der Waals surface area contributed by atoms with Crippen LogP contribution in [0.2, 0.25) is 0 Å². The molecule has 0 spiro atoms. The fraction of sp³-hybridized carbons (Fsp3) is 0.600. The van der Waals surface area contributed by atoms with Gasteiger partial charge in [-0.2, -0.15) is 4.31 Å². The van der Waals surface area contributed by atoms with Gasteiger partial charge in [0.05, 0.1) is 16.5 Å². The fourth-order valence-electron chi connectivity index (χ4n) is 4.40. The lowest BCUT2D eigenvalue weighted by molar-refractivity contribution is -0.126. The highest BCUT2D eigenvalue weighted by Gasteiger charge is 2.35. The van der Waals surface area contributed by atoms with E-state index in [2.05, 4.69) is 10.6 Å². The van der Waals surface area contributed by atoms with Crippen molar-refractivity contribution in [3.05, 3.63) is 17.7 Å². The van der Waals surface area contributed by atoms with E-state index in [4.69, 9.17) is 4.74 Å². The first kappa shape index (κ1) is 20.2. The minimum atomic E-state index is -3.77. The van der Waals surface area contributed by atoms with Crippen LogP contribution >= 0.6 is 0 Å². The van der Waals surface area contributed by atoms with Gasteiger partial charge in [-0.1, -0.05) is 12.8 Å². The number of carbonyl (C=O) groups is 2. The summed E-state index contributed by atoms with van der Waals surface area (Å²) in [7, 11) is -3.77. The van der Waals surface area contributed by atoms with Crippen LogP contribution in [0.1, 0.15) is 44.1 Å². The lowest BCUT2D eigenvalue weighted by atomic mass is 9.98. The second kappa shape index (κ2) is 7.95. The van der Waals surface area contributed by atoms with Crippen LogP contribution in [0.15, 0.2) is 17.0 Å². The average molecular weight is 422 g/mol. The van der Waals surface area contributed by atoms with Crippen LogP contribution in [0, 0.1) is 12.8 Å². The average Bonchev–Trinajstić information content (AvgIpc) is 3.20. The van der Waals surface area contributed by atoms with Crippen LogP contribution in [0.25, 0.3) is 0 Å². The molecule has 1 saturated carbocycles. The zero-order valence-electron chi connectivity index (χ0n) is 16.6. The van der Waals surface area contributed by atoms with Crippen molar-refractivity contribution in [2.45, 2.75) is 56.4 Å². The number of hydrogen-bond donors (Lipinski definition) is 2. The maximum absolute atomic E-state index is 13.3. The smallest absolute Gasteiger partial charge is 0.262 e. The van der Waals surface area contributed by atoms with Gasteiger partial charge >= 0.3 is 0 Å². The van der Waals surface area contributed by atoms with E-state index in [1.807, 2.05) is 0 Å². The first-order valence-electron chi connectivity index (χ1n) is 10.2. The van der Waals surface area contributed by atoms with Crippen molar-refractivity contribution < 1.29 is 22.7 Å². The molecular weight excluding hydrogens is 394 g/mol. The zero-order valence-corrected chi connectivity index (χ0v) is 17.4.